The van der Waals surface area contributed by atoms with Crippen molar-refractivity contribution in [1.29, 1.82) is 0 Å². The molecule has 120 valence electrons. The van der Waals surface area contributed by atoms with Crippen LogP contribution in [0, 0.1) is 0 Å². The molecule has 1 heterocycles. The predicted molar refractivity (Wildman–Crippen MR) is 84.4 cm³/mol. The van der Waals surface area contributed by atoms with Gasteiger partial charge in [0.05, 0.1) is 0 Å². The molecule has 1 fully saturated rings. The van der Waals surface area contributed by atoms with Gasteiger partial charge in [-0.3, -0.25) is 0 Å². The van der Waals surface area contributed by atoms with Gasteiger partial charge in [-0.25, -0.2) is 9.63 Å². The highest BCUT2D eigenvalue weighted by atomic mass is 35.5. The second-order valence-corrected chi connectivity index (χ2v) is 5.60. The van der Waals surface area contributed by atoms with Gasteiger partial charge in [0.25, 0.3) is 0 Å². The Labute approximate surface area is 139 Å². The number of hydrogen-bond donors (Lipinski definition) is 1. The van der Waals surface area contributed by atoms with Crippen molar-refractivity contribution in [1.82, 2.24) is 5.06 Å². The van der Waals surface area contributed by atoms with Crippen molar-refractivity contribution >= 4 is 17.7 Å². The first-order chi connectivity index (χ1) is 11.2. The molecular weight excluding hydrogens is 318 g/mol. The fourth-order valence-electron chi connectivity index (χ4n) is 2.44. The summed E-state index contributed by atoms with van der Waals surface area (Å²) >= 11 is 5.94. The number of ether oxygens (including phenoxy) is 1. The van der Waals surface area contributed by atoms with Gasteiger partial charge < -0.3 is 9.84 Å². The van der Waals surface area contributed by atoms with Gasteiger partial charge in [-0.1, -0.05) is 72.3 Å². The molecule has 0 aromatic heterocycles. The number of hydroxylamine groups is 2. The average molecular weight is 334 g/mol. The Morgan fingerprint density at radius 1 is 1.13 bits per heavy atom. The average Bonchev–Trinajstić information content (AvgIpc) is 2.90. The number of amides is 1. The lowest BCUT2D eigenvalue weighted by atomic mass is 10.0. The van der Waals surface area contributed by atoms with Crippen LogP contribution in [0.15, 0.2) is 60.7 Å². The van der Waals surface area contributed by atoms with Gasteiger partial charge in [-0.05, 0) is 11.1 Å². The molecule has 3 atom stereocenters. The molecule has 1 N–H and O–H groups in total. The van der Waals surface area contributed by atoms with Crippen LogP contribution in [-0.4, -0.2) is 27.9 Å². The van der Waals surface area contributed by atoms with Gasteiger partial charge in [-0.15, -0.1) is 0 Å². The Morgan fingerprint density at radius 3 is 2.39 bits per heavy atom. The van der Waals surface area contributed by atoms with Crippen LogP contribution in [0.3, 0.4) is 0 Å². The summed E-state index contributed by atoms with van der Waals surface area (Å²) in [6.45, 7) is 0.115. The van der Waals surface area contributed by atoms with E-state index in [9.17, 15) is 9.90 Å². The van der Waals surface area contributed by atoms with Gasteiger partial charge >= 0.3 is 6.09 Å². The largest absolute Gasteiger partial charge is 0.443 e. The minimum Gasteiger partial charge on any atom is -0.443 e. The molecule has 1 amide bonds. The molecule has 0 bridgehead atoms. The van der Waals surface area contributed by atoms with Crippen molar-refractivity contribution in [2.75, 3.05) is 0 Å². The number of nitrogens with zero attached hydrogens (tertiary/aromatic N) is 1. The monoisotopic (exact) mass is 333 g/mol. The molecule has 2 aromatic carbocycles. The second kappa shape index (κ2) is 7.00. The van der Waals surface area contributed by atoms with E-state index in [1.165, 1.54) is 0 Å². The van der Waals surface area contributed by atoms with Crippen LogP contribution in [-0.2, 0) is 16.2 Å². The van der Waals surface area contributed by atoms with Crippen LogP contribution in [0.2, 0.25) is 0 Å². The first-order valence-corrected chi connectivity index (χ1v) is 7.64. The third kappa shape index (κ3) is 3.47. The van der Waals surface area contributed by atoms with Crippen molar-refractivity contribution in [3.8, 4) is 0 Å². The Hall–Kier alpha value is -2.08. The van der Waals surface area contributed by atoms with E-state index in [-0.39, 0.29) is 6.61 Å². The zero-order valence-corrected chi connectivity index (χ0v) is 13.0. The molecule has 6 heteroatoms. The standard InChI is InChI=1S/C17H16ClNO4/c18-16-15(20)14(13-9-5-2-6-10-13)19(23-16)17(21)22-11-12-7-3-1-4-8-12/h1-10,14-16,20H,11H2/t14-,15-,16+/m1/s1. The van der Waals surface area contributed by atoms with E-state index in [1.807, 2.05) is 48.5 Å². The lowest BCUT2D eigenvalue weighted by Gasteiger charge is -2.23. The molecule has 2 aromatic rings. The molecular formula is C17H16ClNO4. The summed E-state index contributed by atoms with van der Waals surface area (Å²) in [4.78, 5) is 17.6. The zero-order chi connectivity index (χ0) is 16.2. The number of hydrogen-bond acceptors (Lipinski definition) is 4. The molecule has 1 saturated heterocycles. The molecule has 0 spiro atoms. The topological polar surface area (TPSA) is 59.0 Å². The normalized spacial score (nSPS) is 23.7. The van der Waals surface area contributed by atoms with Crippen molar-refractivity contribution in [2.45, 2.75) is 24.3 Å². The van der Waals surface area contributed by atoms with E-state index in [1.54, 1.807) is 12.1 Å². The van der Waals surface area contributed by atoms with E-state index in [0.29, 0.717) is 0 Å². The van der Waals surface area contributed by atoms with Gasteiger partial charge in [0.2, 0.25) is 0 Å². The summed E-state index contributed by atoms with van der Waals surface area (Å²) in [6, 6.07) is 17.7. The van der Waals surface area contributed by atoms with Crippen LogP contribution in [0.5, 0.6) is 0 Å². The highest BCUT2D eigenvalue weighted by Gasteiger charge is 2.45. The SMILES string of the molecule is O=C(OCc1ccccc1)N1O[C@H](Cl)[C@H](O)[C@H]1c1ccccc1. The van der Waals surface area contributed by atoms with Gasteiger partial charge in [0.15, 0.2) is 5.56 Å². The first kappa shape index (κ1) is 15.8. The quantitative estimate of drug-likeness (QED) is 0.876. The first-order valence-electron chi connectivity index (χ1n) is 7.20. The third-order valence-electron chi connectivity index (χ3n) is 3.59. The van der Waals surface area contributed by atoms with Crippen LogP contribution >= 0.6 is 11.6 Å². The molecule has 0 saturated carbocycles. The van der Waals surface area contributed by atoms with Crippen molar-refractivity contribution in [3.05, 3.63) is 71.8 Å². The number of aliphatic hydroxyl groups is 1. The fourth-order valence-corrected chi connectivity index (χ4v) is 2.66. The smallest absolute Gasteiger partial charge is 0.435 e. The molecule has 0 aliphatic carbocycles. The number of benzene rings is 2. The molecule has 5 nitrogen and oxygen atoms in total. The highest BCUT2D eigenvalue weighted by Crippen LogP contribution is 2.36. The van der Waals surface area contributed by atoms with E-state index >= 15 is 0 Å². The Morgan fingerprint density at radius 2 is 1.74 bits per heavy atom. The van der Waals surface area contributed by atoms with Crippen LogP contribution in [0.25, 0.3) is 0 Å². The number of carbonyl (C=O) groups excluding carboxylic acids is 1. The summed E-state index contributed by atoms with van der Waals surface area (Å²) in [5, 5.41) is 11.2. The summed E-state index contributed by atoms with van der Waals surface area (Å²) in [7, 11) is 0. The lowest BCUT2D eigenvalue weighted by molar-refractivity contribution is -0.123. The third-order valence-corrected chi connectivity index (χ3v) is 3.92. The van der Waals surface area contributed by atoms with E-state index in [4.69, 9.17) is 21.2 Å². The van der Waals surface area contributed by atoms with Gasteiger partial charge in [0, 0.05) is 0 Å². The molecule has 0 unspecified atom stereocenters. The maximum absolute atomic E-state index is 12.3. The van der Waals surface area contributed by atoms with Crippen LogP contribution in [0.1, 0.15) is 17.2 Å². The summed E-state index contributed by atoms with van der Waals surface area (Å²) < 4.78 is 5.25. The number of carbonyl (C=O) groups is 1. The maximum atomic E-state index is 12.3. The molecule has 3 rings (SSSR count). The predicted octanol–water partition coefficient (Wildman–Crippen LogP) is 3.24. The van der Waals surface area contributed by atoms with E-state index in [0.717, 1.165) is 16.2 Å². The summed E-state index contributed by atoms with van der Waals surface area (Å²) in [6.07, 6.45) is -1.73. The lowest BCUT2D eigenvalue weighted by Crippen LogP contribution is -2.32. The van der Waals surface area contributed by atoms with E-state index < -0.39 is 23.8 Å². The minimum absolute atomic E-state index is 0.115. The van der Waals surface area contributed by atoms with Crippen LogP contribution < -0.4 is 0 Å². The summed E-state index contributed by atoms with van der Waals surface area (Å²) in [5.41, 5.74) is 0.573. The van der Waals surface area contributed by atoms with Crippen molar-refractivity contribution in [3.63, 3.8) is 0 Å². The second-order valence-electron chi connectivity index (χ2n) is 5.17. The fraction of sp³-hybridized carbons (Fsp3) is 0.235. The van der Waals surface area contributed by atoms with Crippen LogP contribution in [0.4, 0.5) is 4.79 Å². The van der Waals surface area contributed by atoms with Crippen molar-refractivity contribution < 1.29 is 19.5 Å². The molecule has 1 aliphatic heterocycles. The molecule has 0 radical (unpaired) electrons. The minimum atomic E-state index is -1.04. The summed E-state index contributed by atoms with van der Waals surface area (Å²) in [5.74, 6) is 0. The number of halogens is 1. The van der Waals surface area contributed by atoms with Gasteiger partial charge in [-0.2, -0.15) is 5.06 Å². The van der Waals surface area contributed by atoms with Crippen molar-refractivity contribution in [2.24, 2.45) is 0 Å². The Kier molecular flexibility index (Phi) is 4.81. The maximum Gasteiger partial charge on any atom is 0.435 e. The number of alkyl halides is 1. The molecule has 23 heavy (non-hydrogen) atoms. The van der Waals surface area contributed by atoms with E-state index in [2.05, 4.69) is 0 Å². The Balaban J connectivity index is 1.73. The highest BCUT2D eigenvalue weighted by molar-refractivity contribution is 6.20. The Bertz CT molecular complexity index is 652. The zero-order valence-electron chi connectivity index (χ0n) is 12.2. The van der Waals surface area contributed by atoms with Gasteiger partial charge in [0.1, 0.15) is 18.8 Å². The molecule has 1 aliphatic rings. The number of rotatable bonds is 3. The number of aliphatic hydroxyl groups excluding tert-OH is 1.